The van der Waals surface area contributed by atoms with E-state index in [9.17, 15) is 9.59 Å². The fourth-order valence-electron chi connectivity index (χ4n) is 3.74. The van der Waals surface area contributed by atoms with E-state index >= 15 is 0 Å². The molecule has 5 heteroatoms. The molecule has 0 aromatic heterocycles. The first kappa shape index (κ1) is 25.2. The highest BCUT2D eigenvalue weighted by Crippen LogP contribution is 2.42. The van der Waals surface area contributed by atoms with E-state index < -0.39 is 18.1 Å². The zero-order valence-corrected chi connectivity index (χ0v) is 19.3. The fraction of sp³-hybridized carbons (Fsp3) is 0.667. The van der Waals surface area contributed by atoms with Gasteiger partial charge in [-0.15, -0.1) is 0 Å². The van der Waals surface area contributed by atoms with E-state index in [1.54, 1.807) is 31.9 Å². The van der Waals surface area contributed by atoms with Crippen molar-refractivity contribution in [1.29, 1.82) is 0 Å². The van der Waals surface area contributed by atoms with E-state index in [1.807, 2.05) is 12.2 Å². The summed E-state index contributed by atoms with van der Waals surface area (Å²) in [5.41, 5.74) is 10.3. The summed E-state index contributed by atoms with van der Waals surface area (Å²) in [5.74, 6) is -0.846. The van der Waals surface area contributed by atoms with Gasteiger partial charge in [-0.2, -0.15) is 0 Å². The number of amides is 1. The van der Waals surface area contributed by atoms with E-state index in [4.69, 9.17) is 10.5 Å². The van der Waals surface area contributed by atoms with Crippen LogP contribution in [0.4, 0.5) is 0 Å². The lowest BCUT2D eigenvalue weighted by molar-refractivity contribution is -0.149. The molecule has 1 aliphatic carbocycles. The van der Waals surface area contributed by atoms with Crippen LogP contribution in [0.15, 0.2) is 34.9 Å². The zero-order chi connectivity index (χ0) is 22.2. The van der Waals surface area contributed by atoms with Gasteiger partial charge in [-0.3, -0.25) is 4.79 Å². The van der Waals surface area contributed by atoms with Crippen LogP contribution in [0.1, 0.15) is 80.6 Å². The van der Waals surface area contributed by atoms with Gasteiger partial charge in [-0.1, -0.05) is 42.7 Å². The molecule has 1 amide bonds. The lowest BCUT2D eigenvalue weighted by Gasteiger charge is -2.34. The lowest BCUT2D eigenvalue weighted by atomic mass is 9.71. The van der Waals surface area contributed by atoms with Crippen LogP contribution in [0.25, 0.3) is 0 Å². The quantitative estimate of drug-likeness (QED) is 0.335. The van der Waals surface area contributed by atoms with Crippen LogP contribution in [0.3, 0.4) is 0 Å². The molecule has 1 unspecified atom stereocenters. The first-order valence-electron chi connectivity index (χ1n) is 10.7. The summed E-state index contributed by atoms with van der Waals surface area (Å²) in [6.45, 7) is 14.1. The first-order chi connectivity index (χ1) is 13.4. The fourth-order valence-corrected chi connectivity index (χ4v) is 3.74. The molecule has 164 valence electrons. The second-order valence-corrected chi connectivity index (χ2v) is 9.06. The molecule has 1 rings (SSSR count). The molecule has 3 N–H and O–H groups in total. The van der Waals surface area contributed by atoms with Gasteiger partial charge in [0.2, 0.25) is 5.91 Å². The number of rotatable bonds is 9. The maximum absolute atomic E-state index is 12.0. The molecule has 5 nitrogen and oxygen atoms in total. The molecule has 0 radical (unpaired) electrons. The van der Waals surface area contributed by atoms with Gasteiger partial charge < -0.3 is 15.8 Å². The summed E-state index contributed by atoms with van der Waals surface area (Å²) in [4.78, 5) is 23.6. The second-order valence-electron chi connectivity index (χ2n) is 9.06. The van der Waals surface area contributed by atoms with E-state index in [1.165, 1.54) is 24.8 Å². The Bertz CT molecular complexity index is 672. The number of hydrogen-bond donors (Lipinski definition) is 2. The summed E-state index contributed by atoms with van der Waals surface area (Å²) in [6, 6.07) is -1.38. The van der Waals surface area contributed by atoms with Gasteiger partial charge in [-0.05, 0) is 78.2 Å². The van der Waals surface area contributed by atoms with Crippen molar-refractivity contribution >= 4 is 11.9 Å². The monoisotopic (exact) mass is 404 g/mol. The van der Waals surface area contributed by atoms with Crippen LogP contribution in [-0.4, -0.2) is 30.1 Å². The van der Waals surface area contributed by atoms with Crippen molar-refractivity contribution in [2.75, 3.05) is 0 Å². The predicted octanol–water partition coefficient (Wildman–Crippen LogP) is 4.58. The minimum Gasteiger partial charge on any atom is -0.457 e. The maximum atomic E-state index is 12.0. The van der Waals surface area contributed by atoms with E-state index in [-0.39, 0.29) is 12.0 Å². The average Bonchev–Trinajstić information content (AvgIpc) is 2.60. The summed E-state index contributed by atoms with van der Waals surface area (Å²) in [7, 11) is 0. The topological polar surface area (TPSA) is 81.4 Å². The molecule has 0 bridgehead atoms. The number of nitrogens with two attached hydrogens (primary N) is 1. The van der Waals surface area contributed by atoms with Gasteiger partial charge in [0, 0.05) is 0 Å². The van der Waals surface area contributed by atoms with Crippen LogP contribution in [0.5, 0.6) is 0 Å². The number of carbonyl (C=O) groups excluding carboxylic acids is 2. The Kier molecular flexibility index (Phi) is 9.84. The standard InChI is InChI=1S/C24H40N2O3/c1-16(13-14-21-17(2)11-9-15-24(21,6)7)10-8-12-18(3)29-23(28)20(5)26-22(27)19(4)25/h8,10,12,18-20H,9,11,13-15,25H2,1-7H3,(H,26,27)/t18?,19-,20-/m0/s1. The van der Waals surface area contributed by atoms with E-state index in [0.717, 1.165) is 12.8 Å². The SMILES string of the molecule is CC(=CC=CC(C)OC(=O)[C@H](C)NC(=O)[C@H](C)N)CCC1=C(C)CCCC1(C)C. The van der Waals surface area contributed by atoms with Crippen molar-refractivity contribution in [3.63, 3.8) is 0 Å². The Morgan fingerprint density at radius 1 is 1.28 bits per heavy atom. The molecule has 1 aliphatic rings. The largest absolute Gasteiger partial charge is 0.457 e. The molecular weight excluding hydrogens is 364 g/mol. The minimum atomic E-state index is -0.725. The number of hydrogen-bond acceptors (Lipinski definition) is 4. The molecular formula is C24H40N2O3. The van der Waals surface area contributed by atoms with Gasteiger partial charge >= 0.3 is 5.97 Å². The van der Waals surface area contributed by atoms with E-state index in [2.05, 4.69) is 39.1 Å². The summed E-state index contributed by atoms with van der Waals surface area (Å²) in [5, 5.41) is 2.54. The Morgan fingerprint density at radius 2 is 1.93 bits per heavy atom. The van der Waals surface area contributed by atoms with Crippen LogP contribution in [0.2, 0.25) is 0 Å². The van der Waals surface area contributed by atoms with Crippen molar-refractivity contribution in [3.05, 3.63) is 34.9 Å². The van der Waals surface area contributed by atoms with Crippen molar-refractivity contribution in [2.45, 2.75) is 98.8 Å². The highest BCUT2D eigenvalue weighted by atomic mass is 16.5. The third-order valence-electron chi connectivity index (χ3n) is 5.65. The molecule has 0 saturated carbocycles. The number of carbonyl (C=O) groups is 2. The first-order valence-corrected chi connectivity index (χ1v) is 10.7. The number of nitrogens with one attached hydrogen (secondary N) is 1. The Balaban J connectivity index is 2.50. The van der Waals surface area contributed by atoms with E-state index in [0.29, 0.717) is 5.41 Å². The lowest BCUT2D eigenvalue weighted by Crippen LogP contribution is -2.46. The predicted molar refractivity (Wildman–Crippen MR) is 119 cm³/mol. The number of esters is 1. The highest BCUT2D eigenvalue weighted by molar-refractivity contribution is 5.86. The normalized spacial score (nSPS) is 20.3. The Hall–Kier alpha value is -1.88. The average molecular weight is 405 g/mol. The molecule has 0 aromatic rings. The molecule has 0 fully saturated rings. The molecule has 0 aliphatic heterocycles. The van der Waals surface area contributed by atoms with Gasteiger partial charge in [0.1, 0.15) is 12.1 Å². The molecule has 29 heavy (non-hydrogen) atoms. The molecule has 0 heterocycles. The smallest absolute Gasteiger partial charge is 0.328 e. The van der Waals surface area contributed by atoms with Gasteiger partial charge in [0.25, 0.3) is 0 Å². The van der Waals surface area contributed by atoms with Crippen molar-refractivity contribution in [3.8, 4) is 0 Å². The number of allylic oxidation sites excluding steroid dienone is 5. The van der Waals surface area contributed by atoms with Crippen molar-refractivity contribution in [1.82, 2.24) is 5.32 Å². The Labute approximate surface area is 176 Å². The van der Waals surface area contributed by atoms with Crippen molar-refractivity contribution < 1.29 is 14.3 Å². The third-order valence-corrected chi connectivity index (χ3v) is 5.65. The highest BCUT2D eigenvalue weighted by Gasteiger charge is 2.27. The number of ether oxygens (including phenoxy) is 1. The molecule has 3 atom stereocenters. The summed E-state index contributed by atoms with van der Waals surface area (Å²) in [6.07, 6.45) is 11.4. The molecule has 0 aromatic carbocycles. The summed E-state index contributed by atoms with van der Waals surface area (Å²) < 4.78 is 5.35. The van der Waals surface area contributed by atoms with Gasteiger partial charge in [0.15, 0.2) is 0 Å². The molecule has 0 spiro atoms. The molecule has 0 saturated heterocycles. The van der Waals surface area contributed by atoms with Crippen LogP contribution in [0, 0.1) is 5.41 Å². The minimum absolute atomic E-state index is 0.314. The van der Waals surface area contributed by atoms with Gasteiger partial charge in [0.05, 0.1) is 6.04 Å². The maximum Gasteiger partial charge on any atom is 0.328 e. The van der Waals surface area contributed by atoms with Crippen LogP contribution >= 0.6 is 0 Å². The van der Waals surface area contributed by atoms with Crippen molar-refractivity contribution in [2.24, 2.45) is 11.1 Å². The zero-order valence-electron chi connectivity index (χ0n) is 19.3. The Morgan fingerprint density at radius 3 is 2.52 bits per heavy atom. The van der Waals surface area contributed by atoms with Crippen LogP contribution in [-0.2, 0) is 14.3 Å². The van der Waals surface area contributed by atoms with Gasteiger partial charge in [-0.25, -0.2) is 4.79 Å². The second kappa shape index (κ2) is 11.3. The third kappa shape index (κ3) is 8.57. The summed E-state index contributed by atoms with van der Waals surface area (Å²) >= 11 is 0. The van der Waals surface area contributed by atoms with Crippen LogP contribution < -0.4 is 11.1 Å².